The van der Waals surface area contributed by atoms with E-state index in [4.69, 9.17) is 9.47 Å². The monoisotopic (exact) mass is 345 g/mol. The van der Waals surface area contributed by atoms with Crippen LogP contribution in [0.1, 0.15) is 36.9 Å². The van der Waals surface area contributed by atoms with Crippen LogP contribution in [0.15, 0.2) is 36.7 Å². The van der Waals surface area contributed by atoms with Gasteiger partial charge in [-0.2, -0.15) is 5.10 Å². The van der Waals surface area contributed by atoms with E-state index in [0.717, 1.165) is 11.3 Å². The molecule has 0 spiro atoms. The Kier molecular flexibility index (Phi) is 5.73. The molecule has 0 saturated carbocycles. The van der Waals surface area contributed by atoms with Gasteiger partial charge >= 0.3 is 0 Å². The second kappa shape index (κ2) is 7.99. The minimum absolute atomic E-state index is 0.133. The summed E-state index contributed by atoms with van der Waals surface area (Å²) in [7, 11) is 1.68. The van der Waals surface area contributed by atoms with E-state index < -0.39 is 5.60 Å². The molecule has 1 aromatic heterocycles. The summed E-state index contributed by atoms with van der Waals surface area (Å²) in [6.07, 6.45) is 5.07. The molecule has 1 atom stereocenters. The lowest BCUT2D eigenvalue weighted by Crippen LogP contribution is -2.45. The Morgan fingerprint density at radius 3 is 2.88 bits per heavy atom. The lowest BCUT2D eigenvalue weighted by Gasteiger charge is -2.33. The zero-order chi connectivity index (χ0) is 17.7. The first-order valence-electron chi connectivity index (χ1n) is 8.77. The highest BCUT2D eigenvalue weighted by Gasteiger charge is 2.29. The number of aliphatic hydroxyl groups is 1. The van der Waals surface area contributed by atoms with Crippen LogP contribution >= 0.6 is 0 Å². The van der Waals surface area contributed by atoms with Gasteiger partial charge in [-0.15, -0.1) is 0 Å². The molecule has 1 aromatic carbocycles. The van der Waals surface area contributed by atoms with Crippen LogP contribution in [-0.2, 0) is 11.3 Å². The van der Waals surface area contributed by atoms with Crippen molar-refractivity contribution in [1.82, 2.24) is 15.1 Å². The number of benzene rings is 1. The molecule has 3 rings (SSSR count). The average Bonchev–Trinajstić information content (AvgIpc) is 3.13. The van der Waals surface area contributed by atoms with E-state index in [2.05, 4.69) is 29.5 Å². The maximum absolute atomic E-state index is 10.6. The summed E-state index contributed by atoms with van der Waals surface area (Å²) in [5, 5.41) is 18.3. The molecule has 0 radical (unpaired) electrons. The Hall–Kier alpha value is -1.89. The Morgan fingerprint density at radius 2 is 2.20 bits per heavy atom. The van der Waals surface area contributed by atoms with Gasteiger partial charge in [0, 0.05) is 56.6 Å². The summed E-state index contributed by atoms with van der Waals surface area (Å²) < 4.78 is 12.7. The maximum atomic E-state index is 10.6. The molecule has 1 aliphatic rings. The number of hydrogen-bond acceptors (Lipinski definition) is 5. The second-order valence-electron chi connectivity index (χ2n) is 6.71. The fourth-order valence-electron chi connectivity index (χ4n) is 3.15. The first-order chi connectivity index (χ1) is 12.1. The van der Waals surface area contributed by atoms with Gasteiger partial charge in [-0.1, -0.05) is 6.07 Å². The lowest BCUT2D eigenvalue weighted by molar-refractivity contribution is -0.0626. The minimum Gasteiger partial charge on any atom is -0.496 e. The topological polar surface area (TPSA) is 68.5 Å². The molecule has 1 saturated heterocycles. The molecular formula is C19H27N3O3. The van der Waals surface area contributed by atoms with Crippen molar-refractivity contribution in [2.45, 2.75) is 38.0 Å². The first-order valence-corrected chi connectivity index (χ1v) is 8.77. The third kappa shape index (κ3) is 4.60. The highest BCUT2D eigenvalue weighted by Crippen LogP contribution is 2.25. The summed E-state index contributed by atoms with van der Waals surface area (Å²) in [6, 6.07) is 8.25. The number of rotatable bonds is 7. The zero-order valence-corrected chi connectivity index (χ0v) is 14.9. The van der Waals surface area contributed by atoms with Crippen LogP contribution in [0.2, 0.25) is 0 Å². The van der Waals surface area contributed by atoms with Gasteiger partial charge in [0.15, 0.2) is 0 Å². The van der Waals surface area contributed by atoms with Crippen molar-refractivity contribution in [3.8, 4) is 5.75 Å². The van der Waals surface area contributed by atoms with Crippen LogP contribution in [0.5, 0.6) is 5.75 Å². The summed E-state index contributed by atoms with van der Waals surface area (Å²) in [6.45, 7) is 4.60. The Labute approximate surface area is 148 Å². The van der Waals surface area contributed by atoms with E-state index in [9.17, 15) is 5.11 Å². The van der Waals surface area contributed by atoms with Crippen LogP contribution in [0, 0.1) is 0 Å². The third-order valence-electron chi connectivity index (χ3n) is 4.86. The summed E-state index contributed by atoms with van der Waals surface area (Å²) >= 11 is 0. The second-order valence-corrected chi connectivity index (χ2v) is 6.71. The van der Waals surface area contributed by atoms with E-state index in [1.807, 2.05) is 23.0 Å². The molecular weight excluding hydrogens is 318 g/mol. The third-order valence-corrected chi connectivity index (χ3v) is 4.86. The average molecular weight is 345 g/mol. The molecule has 2 heterocycles. The molecule has 25 heavy (non-hydrogen) atoms. The van der Waals surface area contributed by atoms with Crippen molar-refractivity contribution >= 4 is 0 Å². The number of ether oxygens (including phenoxy) is 2. The maximum Gasteiger partial charge on any atom is 0.123 e. The van der Waals surface area contributed by atoms with Gasteiger partial charge in [-0.3, -0.25) is 4.68 Å². The number of aromatic nitrogens is 2. The first kappa shape index (κ1) is 17.9. The molecule has 1 fully saturated rings. The number of hydrogen-bond donors (Lipinski definition) is 2. The minimum atomic E-state index is -0.670. The smallest absolute Gasteiger partial charge is 0.123 e. The number of nitrogens with zero attached hydrogens (tertiary/aromatic N) is 2. The molecule has 2 aromatic rings. The highest BCUT2D eigenvalue weighted by atomic mass is 16.5. The van der Waals surface area contributed by atoms with Gasteiger partial charge in [0.25, 0.3) is 0 Å². The van der Waals surface area contributed by atoms with E-state index in [-0.39, 0.29) is 6.04 Å². The van der Waals surface area contributed by atoms with Crippen molar-refractivity contribution in [3.05, 3.63) is 47.8 Å². The number of nitrogens with one attached hydrogen (secondary N) is 1. The largest absolute Gasteiger partial charge is 0.496 e. The Bertz CT molecular complexity index is 667. The number of methoxy groups -OCH3 is 1. The standard InChI is InChI=1S/C19H27N3O3/c1-15(20-14-19(23)6-10-25-11-7-19)16-4-5-18(24-2)17(12-16)13-22-9-3-8-21-22/h3-5,8-9,12,15,20,23H,6-7,10-11,13-14H2,1-2H3. The molecule has 6 nitrogen and oxygen atoms in total. The Morgan fingerprint density at radius 1 is 1.40 bits per heavy atom. The summed E-state index contributed by atoms with van der Waals surface area (Å²) in [4.78, 5) is 0. The molecule has 0 amide bonds. The van der Waals surface area contributed by atoms with Crippen LogP contribution in [0.4, 0.5) is 0 Å². The summed E-state index contributed by atoms with van der Waals surface area (Å²) in [5.74, 6) is 0.856. The van der Waals surface area contributed by atoms with Crippen LogP contribution < -0.4 is 10.1 Å². The SMILES string of the molecule is COc1ccc(C(C)NCC2(O)CCOCC2)cc1Cn1cccn1. The lowest BCUT2D eigenvalue weighted by atomic mass is 9.93. The fourth-order valence-corrected chi connectivity index (χ4v) is 3.15. The van der Waals surface area contributed by atoms with Gasteiger partial charge in [0.2, 0.25) is 0 Å². The van der Waals surface area contributed by atoms with Gasteiger partial charge in [-0.25, -0.2) is 0 Å². The van der Waals surface area contributed by atoms with E-state index in [1.54, 1.807) is 13.3 Å². The van der Waals surface area contributed by atoms with Crippen molar-refractivity contribution in [2.24, 2.45) is 0 Å². The Balaban J connectivity index is 1.68. The highest BCUT2D eigenvalue weighted by molar-refractivity contribution is 5.38. The quantitative estimate of drug-likeness (QED) is 0.805. The fraction of sp³-hybridized carbons (Fsp3) is 0.526. The molecule has 1 aliphatic heterocycles. The molecule has 2 N–H and O–H groups in total. The molecule has 6 heteroatoms. The molecule has 0 bridgehead atoms. The van der Waals surface area contributed by atoms with E-state index in [0.29, 0.717) is 39.1 Å². The predicted octanol–water partition coefficient (Wildman–Crippen LogP) is 2.13. The predicted molar refractivity (Wildman–Crippen MR) is 95.7 cm³/mol. The normalized spacial score (nSPS) is 18.0. The van der Waals surface area contributed by atoms with Crippen molar-refractivity contribution in [3.63, 3.8) is 0 Å². The van der Waals surface area contributed by atoms with Gasteiger partial charge < -0.3 is 19.9 Å². The van der Waals surface area contributed by atoms with Crippen LogP contribution in [0.25, 0.3) is 0 Å². The van der Waals surface area contributed by atoms with Crippen molar-refractivity contribution in [1.29, 1.82) is 0 Å². The van der Waals surface area contributed by atoms with Crippen molar-refractivity contribution < 1.29 is 14.6 Å². The van der Waals surface area contributed by atoms with Gasteiger partial charge in [0.05, 0.1) is 19.3 Å². The molecule has 0 aliphatic carbocycles. The van der Waals surface area contributed by atoms with Crippen LogP contribution in [-0.4, -0.2) is 47.4 Å². The molecule has 136 valence electrons. The van der Waals surface area contributed by atoms with E-state index in [1.165, 1.54) is 5.56 Å². The zero-order valence-electron chi connectivity index (χ0n) is 14.9. The van der Waals surface area contributed by atoms with E-state index >= 15 is 0 Å². The summed E-state index contributed by atoms with van der Waals surface area (Å²) in [5.41, 5.74) is 1.58. The van der Waals surface area contributed by atoms with Crippen LogP contribution in [0.3, 0.4) is 0 Å². The van der Waals surface area contributed by atoms with Gasteiger partial charge in [-0.05, 0) is 30.7 Å². The molecule has 1 unspecified atom stereocenters. The van der Waals surface area contributed by atoms with Crippen molar-refractivity contribution in [2.75, 3.05) is 26.9 Å². The van der Waals surface area contributed by atoms with Gasteiger partial charge in [0.1, 0.15) is 5.75 Å².